The Labute approximate surface area is 263 Å². The SMILES string of the molecule is CCCCCC(C(=O)NCNC(=O)c1ccc(-c2cc(OCC)cc(O[PH](=O)O)c2)o1)C(CC)N(C=O)OCc1ccccc1. The van der Waals surface area contributed by atoms with Gasteiger partial charge in [0, 0.05) is 11.6 Å². The van der Waals surface area contributed by atoms with Gasteiger partial charge in [0.2, 0.25) is 12.3 Å². The molecule has 1 heterocycles. The van der Waals surface area contributed by atoms with E-state index in [9.17, 15) is 23.8 Å². The maximum Gasteiger partial charge on any atom is 0.365 e. The lowest BCUT2D eigenvalue weighted by molar-refractivity contribution is -0.200. The first kappa shape index (κ1) is 35.4. The fourth-order valence-electron chi connectivity index (χ4n) is 4.85. The molecule has 0 bridgehead atoms. The predicted molar refractivity (Wildman–Crippen MR) is 168 cm³/mol. The van der Waals surface area contributed by atoms with E-state index in [0.29, 0.717) is 42.9 Å². The Kier molecular flexibility index (Phi) is 14.6. The molecule has 3 rings (SSSR count). The van der Waals surface area contributed by atoms with Crippen molar-refractivity contribution < 1.29 is 42.4 Å². The number of ether oxygens (including phenoxy) is 1. The van der Waals surface area contributed by atoms with Crippen LogP contribution < -0.4 is 19.9 Å². The van der Waals surface area contributed by atoms with Crippen molar-refractivity contribution in [3.8, 4) is 22.8 Å². The molecule has 2 aromatic carbocycles. The molecule has 3 N–H and O–H groups in total. The highest BCUT2D eigenvalue weighted by Gasteiger charge is 2.32. The normalized spacial score (nSPS) is 12.9. The summed E-state index contributed by atoms with van der Waals surface area (Å²) in [7, 11) is -3.24. The number of hydrogen-bond acceptors (Lipinski definition) is 8. The number of amides is 3. The average molecular weight is 644 g/mol. The Morgan fingerprint density at radius 1 is 1.02 bits per heavy atom. The van der Waals surface area contributed by atoms with Crippen molar-refractivity contribution in [1.82, 2.24) is 15.7 Å². The van der Waals surface area contributed by atoms with E-state index in [1.807, 2.05) is 37.3 Å². The molecular weight excluding hydrogens is 601 g/mol. The van der Waals surface area contributed by atoms with Crippen LogP contribution >= 0.6 is 8.25 Å². The van der Waals surface area contributed by atoms with Gasteiger partial charge in [-0.15, -0.1) is 0 Å². The molecule has 12 nitrogen and oxygen atoms in total. The van der Waals surface area contributed by atoms with Crippen molar-refractivity contribution >= 4 is 26.5 Å². The van der Waals surface area contributed by atoms with Gasteiger partial charge in [-0.05, 0) is 49.6 Å². The summed E-state index contributed by atoms with van der Waals surface area (Å²) in [6, 6.07) is 16.6. The number of hydroxylamine groups is 2. The molecule has 0 spiro atoms. The van der Waals surface area contributed by atoms with Crippen LogP contribution in [-0.2, 0) is 25.6 Å². The van der Waals surface area contributed by atoms with Crippen LogP contribution in [0, 0.1) is 5.92 Å². The molecule has 0 fully saturated rings. The minimum Gasteiger partial charge on any atom is -0.494 e. The fourth-order valence-corrected chi connectivity index (χ4v) is 5.17. The Hall–Kier alpha value is -4.12. The van der Waals surface area contributed by atoms with Gasteiger partial charge >= 0.3 is 8.25 Å². The Bertz CT molecular complexity index is 1400. The van der Waals surface area contributed by atoms with Crippen molar-refractivity contribution in [2.75, 3.05) is 13.3 Å². The lowest BCUT2D eigenvalue weighted by Crippen LogP contribution is -2.48. The van der Waals surface area contributed by atoms with Crippen LogP contribution in [0.15, 0.2) is 65.1 Å². The van der Waals surface area contributed by atoms with Crippen molar-refractivity contribution in [2.24, 2.45) is 5.92 Å². The summed E-state index contributed by atoms with van der Waals surface area (Å²) in [5.74, 6) is -0.614. The van der Waals surface area contributed by atoms with Crippen LogP contribution in [0.3, 0.4) is 0 Å². The number of hydrogen-bond donors (Lipinski definition) is 3. The van der Waals surface area contributed by atoms with E-state index in [4.69, 9.17) is 18.5 Å². The minimum absolute atomic E-state index is 0.00774. The first-order chi connectivity index (χ1) is 21.8. The second kappa shape index (κ2) is 18.6. The maximum absolute atomic E-state index is 13.4. The highest BCUT2D eigenvalue weighted by atomic mass is 31.1. The van der Waals surface area contributed by atoms with Gasteiger partial charge in [0.05, 0.1) is 25.2 Å². The van der Waals surface area contributed by atoms with E-state index in [0.717, 1.165) is 24.8 Å². The van der Waals surface area contributed by atoms with Crippen molar-refractivity contribution in [2.45, 2.75) is 65.5 Å². The summed E-state index contributed by atoms with van der Waals surface area (Å²) < 4.78 is 27.4. The first-order valence-corrected chi connectivity index (χ1v) is 16.3. The molecule has 3 amide bonds. The third-order valence-corrected chi connectivity index (χ3v) is 7.42. The number of furan rings is 1. The van der Waals surface area contributed by atoms with Gasteiger partial charge in [-0.3, -0.25) is 19.2 Å². The molecule has 45 heavy (non-hydrogen) atoms. The van der Waals surface area contributed by atoms with Gasteiger partial charge in [0.1, 0.15) is 23.9 Å². The number of benzene rings is 2. The highest BCUT2D eigenvalue weighted by Crippen LogP contribution is 2.34. The topological polar surface area (TPSA) is 157 Å². The zero-order valence-electron chi connectivity index (χ0n) is 25.8. The number of nitrogens with one attached hydrogen (secondary N) is 2. The third-order valence-electron chi connectivity index (χ3n) is 7.01. The van der Waals surface area contributed by atoms with Gasteiger partial charge < -0.3 is 29.2 Å². The van der Waals surface area contributed by atoms with Gasteiger partial charge in [0.25, 0.3) is 5.91 Å². The predicted octanol–water partition coefficient (Wildman–Crippen LogP) is 5.47. The largest absolute Gasteiger partial charge is 0.494 e. The lowest BCUT2D eigenvalue weighted by atomic mass is 9.90. The van der Waals surface area contributed by atoms with Crippen LogP contribution in [0.25, 0.3) is 11.3 Å². The molecule has 0 saturated heterocycles. The molecule has 0 aliphatic heterocycles. The fraction of sp³-hybridized carbons (Fsp3) is 0.406. The summed E-state index contributed by atoms with van der Waals surface area (Å²) in [5, 5.41) is 6.63. The summed E-state index contributed by atoms with van der Waals surface area (Å²) in [6.07, 6.45) is 4.35. The van der Waals surface area contributed by atoms with E-state index in [2.05, 4.69) is 17.6 Å². The Balaban J connectivity index is 1.65. The molecule has 0 aliphatic rings. The Morgan fingerprint density at radius 3 is 2.44 bits per heavy atom. The zero-order chi connectivity index (χ0) is 32.6. The minimum atomic E-state index is -3.24. The van der Waals surface area contributed by atoms with Crippen molar-refractivity contribution in [3.63, 3.8) is 0 Å². The van der Waals surface area contributed by atoms with Crippen molar-refractivity contribution in [1.29, 1.82) is 0 Å². The van der Waals surface area contributed by atoms with Gasteiger partial charge in [-0.1, -0.05) is 63.4 Å². The molecule has 0 saturated carbocycles. The lowest BCUT2D eigenvalue weighted by Gasteiger charge is -2.32. The number of carbonyl (C=O) groups is 3. The smallest absolute Gasteiger partial charge is 0.365 e. The second-order valence-corrected chi connectivity index (χ2v) is 10.9. The first-order valence-electron chi connectivity index (χ1n) is 15.0. The van der Waals surface area contributed by atoms with Crippen LogP contribution in [0.4, 0.5) is 0 Å². The van der Waals surface area contributed by atoms with E-state index in [1.165, 1.54) is 23.3 Å². The number of carbonyl (C=O) groups excluding carboxylic acids is 3. The second-order valence-electron chi connectivity index (χ2n) is 10.2. The zero-order valence-corrected chi connectivity index (χ0v) is 26.8. The molecule has 13 heteroatoms. The summed E-state index contributed by atoms with van der Waals surface area (Å²) in [5.41, 5.74) is 1.37. The molecule has 3 unspecified atom stereocenters. The van der Waals surface area contributed by atoms with E-state index in [1.54, 1.807) is 19.1 Å². The maximum atomic E-state index is 13.4. The van der Waals surface area contributed by atoms with E-state index < -0.39 is 26.1 Å². The highest BCUT2D eigenvalue weighted by molar-refractivity contribution is 7.32. The van der Waals surface area contributed by atoms with Crippen LogP contribution in [-0.4, -0.2) is 47.5 Å². The number of nitrogens with zero attached hydrogens (tertiary/aromatic N) is 1. The van der Waals surface area contributed by atoms with Crippen LogP contribution in [0.2, 0.25) is 0 Å². The van der Waals surface area contributed by atoms with E-state index >= 15 is 0 Å². The molecular formula is C32H42N3O9P. The molecule has 3 atom stereocenters. The van der Waals surface area contributed by atoms with E-state index in [-0.39, 0.29) is 30.7 Å². The number of unbranched alkanes of at least 4 members (excludes halogenated alkanes) is 2. The molecule has 244 valence electrons. The van der Waals surface area contributed by atoms with Crippen molar-refractivity contribution in [3.05, 3.63) is 72.0 Å². The standard InChI is InChI=1S/C32H42N3O9P/c1-4-7-9-14-27(28(5-2)35(22-36)42-20-23-12-10-8-11-13-23)31(37)33-21-34-32(38)30-16-15-29(43-30)24-17-25(41-6-3)19-26(18-24)44-45(39)40/h8,10-13,15-19,22,27-28,45H,4-7,9,14,20-21H2,1-3H3,(H,33,37)(H,34,38)(H,39,40). The van der Waals surface area contributed by atoms with Crippen LogP contribution in [0.1, 0.15) is 69.0 Å². The Morgan fingerprint density at radius 2 is 1.78 bits per heavy atom. The summed E-state index contributed by atoms with van der Waals surface area (Å²) >= 11 is 0. The quantitative estimate of drug-likeness (QED) is 0.0477. The molecule has 0 aliphatic carbocycles. The number of rotatable bonds is 20. The molecule has 1 aromatic heterocycles. The van der Waals surface area contributed by atoms with Crippen LogP contribution in [0.5, 0.6) is 11.5 Å². The summed E-state index contributed by atoms with van der Waals surface area (Å²) in [6.45, 7) is 6.15. The molecule has 0 radical (unpaired) electrons. The monoisotopic (exact) mass is 643 g/mol. The third kappa shape index (κ3) is 11.1. The average Bonchev–Trinajstić information content (AvgIpc) is 3.53. The molecule has 3 aromatic rings. The van der Waals surface area contributed by atoms with Gasteiger partial charge in [-0.2, -0.15) is 0 Å². The van der Waals surface area contributed by atoms with Gasteiger partial charge in [0.15, 0.2) is 5.76 Å². The van der Waals surface area contributed by atoms with Gasteiger partial charge in [-0.25, -0.2) is 9.63 Å². The summed E-state index contributed by atoms with van der Waals surface area (Å²) in [4.78, 5) is 53.3.